The highest BCUT2D eigenvalue weighted by atomic mass is 32.2. The summed E-state index contributed by atoms with van der Waals surface area (Å²) < 4.78 is 13.0. The van der Waals surface area contributed by atoms with Crippen LogP contribution >= 0.6 is 0 Å². The van der Waals surface area contributed by atoms with Crippen LogP contribution in [0.3, 0.4) is 0 Å². The van der Waals surface area contributed by atoms with Gasteiger partial charge in [-0.15, -0.1) is 0 Å². The molecule has 0 aliphatic carbocycles. The molecule has 0 heterocycles. The van der Waals surface area contributed by atoms with E-state index in [2.05, 4.69) is 13.0 Å². The zero-order chi connectivity index (χ0) is 15.4. The maximum Gasteiger partial charge on any atom is 0.0584 e. The first-order chi connectivity index (χ1) is 10.0. The standard InChI is InChI=1S/C18H23NOS/c1-4-16(18(19)15-8-6-5-7-9-15)21(20)17-11-10-13(2)12-14(17)3/h5-12,16,18H,4,19H2,1-3H3. The third kappa shape index (κ3) is 3.60. The average molecular weight is 301 g/mol. The summed E-state index contributed by atoms with van der Waals surface area (Å²) in [6.45, 7) is 6.11. The van der Waals surface area contributed by atoms with Crippen molar-refractivity contribution in [3.8, 4) is 0 Å². The van der Waals surface area contributed by atoms with Crippen molar-refractivity contribution < 1.29 is 4.21 Å². The predicted octanol–water partition coefficient (Wildman–Crippen LogP) is 3.89. The summed E-state index contributed by atoms with van der Waals surface area (Å²) in [6, 6.07) is 15.8. The molecular weight excluding hydrogens is 278 g/mol. The molecule has 0 aromatic heterocycles. The van der Waals surface area contributed by atoms with Crippen molar-refractivity contribution in [2.45, 2.75) is 43.4 Å². The van der Waals surface area contributed by atoms with Crippen LogP contribution in [0.15, 0.2) is 53.4 Å². The van der Waals surface area contributed by atoms with Gasteiger partial charge in [-0.2, -0.15) is 0 Å². The SMILES string of the molecule is CCC(C(N)c1ccccc1)S(=O)c1ccc(C)cc1C. The van der Waals surface area contributed by atoms with Crippen LogP contribution in [0.1, 0.15) is 36.1 Å². The van der Waals surface area contributed by atoms with Crippen LogP contribution in [0.25, 0.3) is 0 Å². The second-order valence-electron chi connectivity index (χ2n) is 5.45. The number of rotatable bonds is 5. The van der Waals surface area contributed by atoms with Gasteiger partial charge < -0.3 is 5.73 Å². The van der Waals surface area contributed by atoms with E-state index in [9.17, 15) is 4.21 Å². The Morgan fingerprint density at radius 1 is 1.10 bits per heavy atom. The number of nitrogens with two attached hydrogens (primary N) is 1. The lowest BCUT2D eigenvalue weighted by molar-refractivity contribution is 0.611. The largest absolute Gasteiger partial charge is 0.323 e. The van der Waals surface area contributed by atoms with Crippen LogP contribution in [0.4, 0.5) is 0 Å². The molecule has 112 valence electrons. The molecule has 2 N–H and O–H groups in total. The van der Waals surface area contributed by atoms with Gasteiger partial charge in [-0.25, -0.2) is 0 Å². The van der Waals surface area contributed by atoms with Crippen LogP contribution in [0.5, 0.6) is 0 Å². The summed E-state index contributed by atoms with van der Waals surface area (Å²) in [6.07, 6.45) is 0.788. The molecule has 0 saturated heterocycles. The van der Waals surface area contributed by atoms with Gasteiger partial charge in [0, 0.05) is 10.9 Å². The summed E-state index contributed by atoms with van der Waals surface area (Å²) in [7, 11) is -1.10. The molecule has 3 heteroatoms. The summed E-state index contributed by atoms with van der Waals surface area (Å²) in [5.41, 5.74) is 9.68. The second kappa shape index (κ2) is 7.01. The molecule has 0 radical (unpaired) electrons. The first-order valence-corrected chi connectivity index (χ1v) is 8.54. The highest BCUT2D eigenvalue weighted by molar-refractivity contribution is 7.85. The molecule has 3 unspecified atom stereocenters. The fraction of sp³-hybridized carbons (Fsp3) is 0.333. The Bertz CT molecular complexity index is 624. The topological polar surface area (TPSA) is 43.1 Å². The molecule has 0 aliphatic heterocycles. The van der Waals surface area contributed by atoms with Crippen LogP contribution in [0.2, 0.25) is 0 Å². The van der Waals surface area contributed by atoms with Gasteiger partial charge in [0.05, 0.1) is 16.0 Å². The van der Waals surface area contributed by atoms with E-state index in [0.717, 1.165) is 22.4 Å². The normalized spacial score (nSPS) is 15.4. The molecule has 0 amide bonds. The first-order valence-electron chi connectivity index (χ1n) is 7.33. The second-order valence-corrected chi connectivity index (χ2v) is 7.09. The lowest BCUT2D eigenvalue weighted by Gasteiger charge is -2.23. The Balaban J connectivity index is 2.30. The van der Waals surface area contributed by atoms with E-state index in [1.165, 1.54) is 5.56 Å². The monoisotopic (exact) mass is 301 g/mol. The smallest absolute Gasteiger partial charge is 0.0584 e. The minimum atomic E-state index is -1.10. The fourth-order valence-electron chi connectivity index (χ4n) is 2.62. The molecule has 3 atom stereocenters. The molecule has 2 nitrogen and oxygen atoms in total. The van der Waals surface area contributed by atoms with E-state index < -0.39 is 10.8 Å². The van der Waals surface area contributed by atoms with Crippen molar-refractivity contribution >= 4 is 10.8 Å². The van der Waals surface area contributed by atoms with Crippen molar-refractivity contribution in [1.29, 1.82) is 0 Å². The van der Waals surface area contributed by atoms with Gasteiger partial charge in [0.25, 0.3) is 0 Å². The van der Waals surface area contributed by atoms with E-state index in [0.29, 0.717) is 0 Å². The summed E-state index contributed by atoms with van der Waals surface area (Å²) in [4.78, 5) is 0.902. The number of hydrogen-bond donors (Lipinski definition) is 1. The fourth-order valence-corrected chi connectivity index (χ4v) is 4.25. The molecule has 0 saturated carbocycles. The van der Waals surface area contributed by atoms with Gasteiger partial charge in [0.2, 0.25) is 0 Å². The summed E-state index contributed by atoms with van der Waals surface area (Å²) in [5, 5.41) is -0.0752. The van der Waals surface area contributed by atoms with Crippen LogP contribution in [-0.4, -0.2) is 9.46 Å². The van der Waals surface area contributed by atoms with Gasteiger partial charge >= 0.3 is 0 Å². The molecular formula is C18H23NOS. The van der Waals surface area contributed by atoms with Crippen LogP contribution in [-0.2, 0) is 10.8 Å². The number of hydrogen-bond acceptors (Lipinski definition) is 2. The number of aryl methyl sites for hydroxylation is 2. The molecule has 0 aliphatic rings. The Morgan fingerprint density at radius 2 is 1.76 bits per heavy atom. The average Bonchev–Trinajstić information content (AvgIpc) is 2.48. The Hall–Kier alpha value is -1.45. The molecule has 0 bridgehead atoms. The maximum atomic E-state index is 13.0. The number of benzene rings is 2. The van der Waals surface area contributed by atoms with Gasteiger partial charge in [0.15, 0.2) is 0 Å². The molecule has 2 rings (SSSR count). The Morgan fingerprint density at radius 3 is 2.33 bits per heavy atom. The van der Waals surface area contributed by atoms with Crippen molar-refractivity contribution in [1.82, 2.24) is 0 Å². The third-order valence-electron chi connectivity index (χ3n) is 3.81. The van der Waals surface area contributed by atoms with Crippen molar-refractivity contribution in [3.63, 3.8) is 0 Å². The van der Waals surface area contributed by atoms with E-state index >= 15 is 0 Å². The zero-order valence-electron chi connectivity index (χ0n) is 12.9. The van der Waals surface area contributed by atoms with Crippen LogP contribution in [0, 0.1) is 13.8 Å². The molecule has 0 spiro atoms. The lowest BCUT2D eigenvalue weighted by atomic mass is 10.0. The van der Waals surface area contributed by atoms with Crippen molar-refractivity contribution in [3.05, 3.63) is 65.2 Å². The van der Waals surface area contributed by atoms with Gasteiger partial charge in [-0.05, 0) is 37.5 Å². The predicted molar refractivity (Wildman–Crippen MR) is 89.8 cm³/mol. The van der Waals surface area contributed by atoms with Crippen molar-refractivity contribution in [2.75, 3.05) is 0 Å². The molecule has 21 heavy (non-hydrogen) atoms. The minimum Gasteiger partial charge on any atom is -0.323 e. The minimum absolute atomic E-state index is 0.0752. The van der Waals surface area contributed by atoms with E-state index in [1.54, 1.807) is 0 Å². The Kier molecular flexibility index (Phi) is 5.32. The zero-order valence-corrected chi connectivity index (χ0v) is 13.7. The highest BCUT2D eigenvalue weighted by Crippen LogP contribution is 2.26. The van der Waals surface area contributed by atoms with Gasteiger partial charge in [-0.1, -0.05) is 55.0 Å². The van der Waals surface area contributed by atoms with E-state index in [-0.39, 0.29) is 11.3 Å². The first kappa shape index (κ1) is 15.9. The lowest BCUT2D eigenvalue weighted by Crippen LogP contribution is -2.30. The molecule has 0 fully saturated rings. The van der Waals surface area contributed by atoms with E-state index in [1.807, 2.05) is 56.3 Å². The summed E-state index contributed by atoms with van der Waals surface area (Å²) in [5.74, 6) is 0. The summed E-state index contributed by atoms with van der Waals surface area (Å²) >= 11 is 0. The van der Waals surface area contributed by atoms with Crippen LogP contribution < -0.4 is 5.73 Å². The van der Waals surface area contributed by atoms with Gasteiger partial charge in [0.1, 0.15) is 0 Å². The van der Waals surface area contributed by atoms with E-state index in [4.69, 9.17) is 5.73 Å². The molecule has 2 aromatic rings. The van der Waals surface area contributed by atoms with Gasteiger partial charge in [-0.3, -0.25) is 4.21 Å². The highest BCUT2D eigenvalue weighted by Gasteiger charge is 2.25. The molecule has 2 aromatic carbocycles. The van der Waals surface area contributed by atoms with Crippen molar-refractivity contribution in [2.24, 2.45) is 5.73 Å². The quantitative estimate of drug-likeness (QED) is 0.910. The Labute approximate surface area is 129 Å². The third-order valence-corrected chi connectivity index (χ3v) is 5.88. The maximum absolute atomic E-state index is 13.0.